The molecule has 3 N–H and O–H groups in total. The highest BCUT2D eigenvalue weighted by Crippen LogP contribution is 2.30. The molecule has 1 heterocycles. The SMILES string of the molecule is CC(=O)N1CCc2cc(NC(=O)CNc3ccccc3C(=O)NCC(F)(F)F)ccc21. The van der Waals surface area contributed by atoms with Crippen molar-refractivity contribution in [1.82, 2.24) is 5.32 Å². The Kier molecular flexibility index (Phi) is 6.47. The number of hydrogen-bond donors (Lipinski definition) is 3. The van der Waals surface area contributed by atoms with Gasteiger partial charge in [-0.3, -0.25) is 14.4 Å². The average molecular weight is 434 g/mol. The minimum atomic E-state index is -4.52. The third-order valence-corrected chi connectivity index (χ3v) is 4.70. The molecule has 2 aromatic carbocycles. The highest BCUT2D eigenvalue weighted by molar-refractivity contribution is 6.01. The summed E-state index contributed by atoms with van der Waals surface area (Å²) in [5.74, 6) is -1.33. The number of nitrogens with zero attached hydrogens (tertiary/aromatic N) is 1. The lowest BCUT2D eigenvalue weighted by molar-refractivity contribution is -0.123. The van der Waals surface area contributed by atoms with E-state index in [1.54, 1.807) is 29.2 Å². The summed E-state index contributed by atoms with van der Waals surface area (Å²) in [4.78, 5) is 37.7. The van der Waals surface area contributed by atoms with Crippen LogP contribution in [0.1, 0.15) is 22.8 Å². The second-order valence-electron chi connectivity index (χ2n) is 7.01. The number of carbonyl (C=O) groups excluding carboxylic acids is 3. The lowest BCUT2D eigenvalue weighted by Crippen LogP contribution is -2.34. The molecule has 0 fully saturated rings. The number of benzene rings is 2. The molecule has 0 bridgehead atoms. The summed E-state index contributed by atoms with van der Waals surface area (Å²) < 4.78 is 37.0. The minimum Gasteiger partial charge on any atom is -0.376 e. The maximum absolute atomic E-state index is 12.3. The van der Waals surface area contributed by atoms with Crippen molar-refractivity contribution in [3.63, 3.8) is 0 Å². The number of alkyl halides is 3. The first kappa shape index (κ1) is 22.1. The quantitative estimate of drug-likeness (QED) is 0.652. The number of nitrogens with one attached hydrogen (secondary N) is 3. The number of anilines is 3. The van der Waals surface area contributed by atoms with Gasteiger partial charge in [-0.1, -0.05) is 12.1 Å². The van der Waals surface area contributed by atoms with E-state index < -0.39 is 24.5 Å². The Hall–Kier alpha value is -3.56. The fraction of sp³-hybridized carbons (Fsp3) is 0.286. The lowest BCUT2D eigenvalue weighted by atomic mass is 10.1. The summed E-state index contributed by atoms with van der Waals surface area (Å²) in [5.41, 5.74) is 2.58. The summed E-state index contributed by atoms with van der Waals surface area (Å²) in [7, 11) is 0. The summed E-state index contributed by atoms with van der Waals surface area (Å²) in [5, 5.41) is 7.31. The Morgan fingerprint density at radius 1 is 1.10 bits per heavy atom. The van der Waals surface area contributed by atoms with Gasteiger partial charge in [0, 0.05) is 30.5 Å². The highest BCUT2D eigenvalue weighted by Gasteiger charge is 2.28. The predicted molar refractivity (Wildman–Crippen MR) is 110 cm³/mol. The molecule has 0 saturated heterocycles. The molecule has 0 radical (unpaired) electrons. The molecule has 0 atom stereocenters. The van der Waals surface area contributed by atoms with Crippen LogP contribution >= 0.6 is 0 Å². The number of halogens is 3. The van der Waals surface area contributed by atoms with E-state index in [1.807, 2.05) is 5.32 Å². The first-order valence-electron chi connectivity index (χ1n) is 9.53. The zero-order valence-electron chi connectivity index (χ0n) is 16.7. The predicted octanol–water partition coefficient (Wildman–Crippen LogP) is 2.94. The van der Waals surface area contributed by atoms with E-state index in [0.717, 1.165) is 11.3 Å². The zero-order valence-corrected chi connectivity index (χ0v) is 16.7. The van der Waals surface area contributed by atoms with E-state index in [-0.39, 0.29) is 23.7 Å². The normalized spacial score (nSPS) is 12.8. The molecule has 0 saturated carbocycles. The largest absolute Gasteiger partial charge is 0.405 e. The van der Waals surface area contributed by atoms with Crippen LogP contribution < -0.4 is 20.9 Å². The van der Waals surface area contributed by atoms with E-state index in [2.05, 4.69) is 10.6 Å². The summed E-state index contributed by atoms with van der Waals surface area (Å²) in [6, 6.07) is 11.2. The number of hydrogen-bond acceptors (Lipinski definition) is 4. The van der Waals surface area contributed by atoms with Gasteiger partial charge in [0.15, 0.2) is 0 Å². The minimum absolute atomic E-state index is 0.00130. The van der Waals surface area contributed by atoms with Crippen LogP contribution in [0.2, 0.25) is 0 Å². The Labute approximate surface area is 176 Å². The van der Waals surface area contributed by atoms with Gasteiger partial charge < -0.3 is 20.9 Å². The summed E-state index contributed by atoms with van der Waals surface area (Å²) in [6.07, 6.45) is -3.83. The van der Waals surface area contributed by atoms with Gasteiger partial charge in [0.05, 0.1) is 12.1 Å². The molecule has 3 rings (SSSR count). The standard InChI is InChI=1S/C21H21F3N4O3/c1-13(29)28-9-8-14-10-15(6-7-18(14)28)27-19(30)11-25-17-5-3-2-4-16(17)20(31)26-12-21(22,23)24/h2-7,10,25H,8-9,11-12H2,1H3,(H,26,31)(H,27,30). The van der Waals surface area contributed by atoms with Crippen molar-refractivity contribution in [1.29, 1.82) is 0 Å². The maximum Gasteiger partial charge on any atom is 0.405 e. The van der Waals surface area contributed by atoms with Crippen molar-refractivity contribution in [3.8, 4) is 0 Å². The molecule has 2 aromatic rings. The Bertz CT molecular complexity index is 1010. The molecule has 7 nitrogen and oxygen atoms in total. The third kappa shape index (κ3) is 5.74. The Morgan fingerprint density at radius 2 is 1.84 bits per heavy atom. The first-order chi connectivity index (χ1) is 14.6. The molecular weight excluding hydrogens is 413 g/mol. The molecule has 0 aromatic heterocycles. The summed E-state index contributed by atoms with van der Waals surface area (Å²) >= 11 is 0. The van der Waals surface area contributed by atoms with Gasteiger partial charge in [-0.2, -0.15) is 13.2 Å². The van der Waals surface area contributed by atoms with Crippen LogP contribution in [0.4, 0.5) is 30.2 Å². The van der Waals surface area contributed by atoms with Gasteiger partial charge in [-0.25, -0.2) is 0 Å². The molecule has 31 heavy (non-hydrogen) atoms. The molecule has 1 aliphatic heterocycles. The van der Waals surface area contributed by atoms with Crippen LogP contribution in [0.5, 0.6) is 0 Å². The van der Waals surface area contributed by atoms with E-state index in [9.17, 15) is 27.6 Å². The van der Waals surface area contributed by atoms with Crippen LogP contribution in [-0.2, 0) is 16.0 Å². The molecule has 0 unspecified atom stereocenters. The average Bonchev–Trinajstić information content (AvgIpc) is 3.13. The van der Waals surface area contributed by atoms with Crippen molar-refractivity contribution >= 4 is 34.8 Å². The van der Waals surface area contributed by atoms with Gasteiger partial charge in [0.25, 0.3) is 5.91 Å². The summed E-state index contributed by atoms with van der Waals surface area (Å²) in [6.45, 7) is 0.453. The van der Waals surface area contributed by atoms with Crippen LogP contribution in [0, 0.1) is 0 Å². The van der Waals surface area contributed by atoms with Crippen LogP contribution in [0.3, 0.4) is 0 Å². The number of fused-ring (bicyclic) bond motifs is 1. The van der Waals surface area contributed by atoms with Crippen molar-refractivity contribution in [3.05, 3.63) is 53.6 Å². The number of para-hydroxylation sites is 1. The zero-order chi connectivity index (χ0) is 22.6. The molecule has 0 spiro atoms. The Balaban J connectivity index is 1.60. The van der Waals surface area contributed by atoms with Crippen molar-refractivity contribution in [2.24, 2.45) is 0 Å². The molecule has 164 valence electrons. The monoisotopic (exact) mass is 434 g/mol. The third-order valence-electron chi connectivity index (χ3n) is 4.70. The number of amides is 3. The smallest absolute Gasteiger partial charge is 0.376 e. The van der Waals surface area contributed by atoms with Crippen molar-refractivity contribution in [2.45, 2.75) is 19.5 Å². The van der Waals surface area contributed by atoms with Crippen molar-refractivity contribution < 1.29 is 27.6 Å². The molecule has 1 aliphatic rings. The molecular formula is C21H21F3N4O3. The second-order valence-corrected chi connectivity index (χ2v) is 7.01. The molecule has 10 heteroatoms. The van der Waals surface area contributed by atoms with Gasteiger partial charge in [0.2, 0.25) is 11.8 Å². The topological polar surface area (TPSA) is 90.5 Å². The maximum atomic E-state index is 12.3. The lowest BCUT2D eigenvalue weighted by Gasteiger charge is -2.15. The first-order valence-corrected chi connectivity index (χ1v) is 9.53. The van der Waals surface area contributed by atoms with Crippen molar-refractivity contribution in [2.75, 3.05) is 35.2 Å². The fourth-order valence-corrected chi connectivity index (χ4v) is 3.30. The van der Waals surface area contributed by atoms with E-state index >= 15 is 0 Å². The Morgan fingerprint density at radius 3 is 2.55 bits per heavy atom. The van der Waals surface area contributed by atoms with Gasteiger partial charge in [-0.15, -0.1) is 0 Å². The van der Waals surface area contributed by atoms with E-state index in [0.29, 0.717) is 18.7 Å². The van der Waals surface area contributed by atoms with E-state index in [4.69, 9.17) is 0 Å². The molecule has 3 amide bonds. The van der Waals surface area contributed by atoms with E-state index in [1.165, 1.54) is 25.1 Å². The highest BCUT2D eigenvalue weighted by atomic mass is 19.4. The number of carbonyl (C=O) groups is 3. The van der Waals surface area contributed by atoms with Gasteiger partial charge >= 0.3 is 6.18 Å². The van der Waals surface area contributed by atoms with Crippen LogP contribution in [0.15, 0.2) is 42.5 Å². The van der Waals surface area contributed by atoms with Crippen LogP contribution in [0.25, 0.3) is 0 Å². The van der Waals surface area contributed by atoms with Gasteiger partial charge in [-0.05, 0) is 42.3 Å². The second kappa shape index (κ2) is 9.07. The van der Waals surface area contributed by atoms with Crippen LogP contribution in [-0.4, -0.2) is 43.5 Å². The number of rotatable bonds is 6. The fourth-order valence-electron chi connectivity index (χ4n) is 3.30. The van der Waals surface area contributed by atoms with Gasteiger partial charge in [0.1, 0.15) is 6.54 Å². The molecule has 0 aliphatic carbocycles.